The van der Waals surface area contributed by atoms with Crippen LogP contribution in [0.15, 0.2) is 18.3 Å². The second-order valence-corrected chi connectivity index (χ2v) is 5.32. The molecule has 0 aromatic carbocycles. The number of aromatic nitrogens is 1. The number of hydrogen-bond donors (Lipinski definition) is 1. The molecule has 0 aliphatic heterocycles. The van der Waals surface area contributed by atoms with Crippen molar-refractivity contribution in [2.45, 2.75) is 59.5 Å². The zero-order valence-corrected chi connectivity index (χ0v) is 12.8. The van der Waals surface area contributed by atoms with Crippen LogP contribution >= 0.6 is 0 Å². The van der Waals surface area contributed by atoms with Crippen LogP contribution in [0, 0.1) is 5.92 Å². The summed E-state index contributed by atoms with van der Waals surface area (Å²) in [4.78, 5) is 4.30. The summed E-state index contributed by atoms with van der Waals surface area (Å²) >= 11 is 0. The molecule has 1 unspecified atom stereocenters. The van der Waals surface area contributed by atoms with Crippen LogP contribution in [-0.4, -0.2) is 17.6 Å². The molecule has 0 saturated heterocycles. The molecule has 0 amide bonds. The normalized spacial score (nSPS) is 12.5. The van der Waals surface area contributed by atoms with Crippen LogP contribution in [0.3, 0.4) is 0 Å². The molecule has 3 heteroatoms. The highest BCUT2D eigenvalue weighted by molar-refractivity contribution is 5.52. The van der Waals surface area contributed by atoms with Gasteiger partial charge in [-0.3, -0.25) is 0 Å². The van der Waals surface area contributed by atoms with Gasteiger partial charge in [-0.15, -0.1) is 0 Å². The van der Waals surface area contributed by atoms with E-state index in [-0.39, 0.29) is 6.10 Å². The van der Waals surface area contributed by atoms with Crippen molar-refractivity contribution >= 4 is 5.69 Å². The van der Waals surface area contributed by atoms with Gasteiger partial charge >= 0.3 is 0 Å². The number of pyridine rings is 1. The minimum Gasteiger partial charge on any atom is -0.473 e. The number of ether oxygens (including phenoxy) is 1. The zero-order chi connectivity index (χ0) is 14.1. The molecule has 108 valence electrons. The molecule has 1 aromatic heterocycles. The van der Waals surface area contributed by atoms with Gasteiger partial charge in [0.1, 0.15) is 0 Å². The Hall–Kier alpha value is -1.25. The SMILES string of the molecule is CCCCC(CC)CNc1cccnc1OC(C)C. The van der Waals surface area contributed by atoms with E-state index in [1.807, 2.05) is 26.0 Å². The predicted molar refractivity (Wildman–Crippen MR) is 81.8 cm³/mol. The van der Waals surface area contributed by atoms with Gasteiger partial charge in [0.05, 0.1) is 11.8 Å². The first-order chi connectivity index (χ1) is 9.17. The largest absolute Gasteiger partial charge is 0.473 e. The highest BCUT2D eigenvalue weighted by Gasteiger charge is 2.09. The number of unbranched alkanes of at least 4 members (excludes halogenated alkanes) is 1. The van der Waals surface area contributed by atoms with Crippen molar-refractivity contribution in [2.75, 3.05) is 11.9 Å². The molecule has 0 aliphatic rings. The third-order valence-electron chi connectivity index (χ3n) is 3.24. The maximum atomic E-state index is 5.72. The van der Waals surface area contributed by atoms with Gasteiger partial charge in [-0.25, -0.2) is 4.98 Å². The molecule has 0 spiro atoms. The molecule has 0 bridgehead atoms. The van der Waals surface area contributed by atoms with Crippen LogP contribution in [0.25, 0.3) is 0 Å². The number of nitrogens with one attached hydrogen (secondary N) is 1. The average molecular weight is 264 g/mol. The molecule has 0 saturated carbocycles. The minimum atomic E-state index is 0.150. The smallest absolute Gasteiger partial charge is 0.237 e. The van der Waals surface area contributed by atoms with E-state index in [1.54, 1.807) is 6.20 Å². The quantitative estimate of drug-likeness (QED) is 0.713. The van der Waals surface area contributed by atoms with Crippen LogP contribution < -0.4 is 10.1 Å². The average Bonchev–Trinajstić information content (AvgIpc) is 2.40. The summed E-state index contributed by atoms with van der Waals surface area (Å²) in [7, 11) is 0. The lowest BCUT2D eigenvalue weighted by Crippen LogP contribution is -2.15. The fourth-order valence-electron chi connectivity index (χ4n) is 2.04. The van der Waals surface area contributed by atoms with Gasteiger partial charge in [0.15, 0.2) is 0 Å². The third kappa shape index (κ3) is 5.95. The second-order valence-electron chi connectivity index (χ2n) is 5.32. The maximum absolute atomic E-state index is 5.72. The van der Waals surface area contributed by atoms with Gasteiger partial charge in [-0.1, -0.05) is 33.1 Å². The molecule has 1 rings (SSSR count). The number of rotatable bonds is 9. The van der Waals surface area contributed by atoms with E-state index >= 15 is 0 Å². The molecular formula is C16H28N2O. The van der Waals surface area contributed by atoms with Crippen LogP contribution in [-0.2, 0) is 0 Å². The summed E-state index contributed by atoms with van der Waals surface area (Å²) in [6, 6.07) is 3.99. The van der Waals surface area contributed by atoms with Gasteiger partial charge < -0.3 is 10.1 Å². The number of nitrogens with zero attached hydrogens (tertiary/aromatic N) is 1. The maximum Gasteiger partial charge on any atom is 0.237 e. The topological polar surface area (TPSA) is 34.2 Å². The Balaban J connectivity index is 2.55. The van der Waals surface area contributed by atoms with Gasteiger partial charge in [-0.2, -0.15) is 0 Å². The lowest BCUT2D eigenvalue weighted by molar-refractivity contribution is 0.234. The zero-order valence-electron chi connectivity index (χ0n) is 12.8. The van der Waals surface area contributed by atoms with E-state index in [4.69, 9.17) is 4.74 Å². The molecule has 1 N–H and O–H groups in total. The summed E-state index contributed by atoms with van der Waals surface area (Å²) in [5.74, 6) is 1.44. The summed E-state index contributed by atoms with van der Waals surface area (Å²) in [5, 5.41) is 3.49. The van der Waals surface area contributed by atoms with Crippen molar-refractivity contribution in [3.63, 3.8) is 0 Å². The van der Waals surface area contributed by atoms with Gasteiger partial charge in [0, 0.05) is 12.7 Å². The highest BCUT2D eigenvalue weighted by atomic mass is 16.5. The van der Waals surface area contributed by atoms with E-state index < -0.39 is 0 Å². The standard InChI is InChI=1S/C16H28N2O/c1-5-7-9-14(6-2)12-18-15-10-8-11-17-16(15)19-13(3)4/h8,10-11,13-14,18H,5-7,9,12H2,1-4H3. The van der Waals surface area contributed by atoms with E-state index in [1.165, 1.54) is 25.7 Å². The summed E-state index contributed by atoms with van der Waals surface area (Å²) < 4.78 is 5.72. The van der Waals surface area contributed by atoms with Gasteiger partial charge in [0.2, 0.25) is 5.88 Å². The first-order valence-corrected chi connectivity index (χ1v) is 7.52. The molecule has 1 atom stereocenters. The molecule has 3 nitrogen and oxygen atoms in total. The molecule has 0 fully saturated rings. The number of anilines is 1. The Morgan fingerprint density at radius 2 is 2.11 bits per heavy atom. The Morgan fingerprint density at radius 1 is 1.32 bits per heavy atom. The fraction of sp³-hybridized carbons (Fsp3) is 0.688. The van der Waals surface area contributed by atoms with Crippen LogP contribution in [0.1, 0.15) is 53.4 Å². The Morgan fingerprint density at radius 3 is 2.74 bits per heavy atom. The first kappa shape index (κ1) is 15.8. The summed E-state index contributed by atoms with van der Waals surface area (Å²) in [6.07, 6.45) is 7.01. The van der Waals surface area contributed by atoms with Crippen molar-refractivity contribution in [3.05, 3.63) is 18.3 Å². The monoisotopic (exact) mass is 264 g/mol. The van der Waals surface area contributed by atoms with Gasteiger partial charge in [0.25, 0.3) is 0 Å². The third-order valence-corrected chi connectivity index (χ3v) is 3.24. The summed E-state index contributed by atoms with van der Waals surface area (Å²) in [5.41, 5.74) is 1.01. The lowest BCUT2D eigenvalue weighted by atomic mass is 9.99. The highest BCUT2D eigenvalue weighted by Crippen LogP contribution is 2.23. The fourth-order valence-corrected chi connectivity index (χ4v) is 2.04. The molecule has 1 heterocycles. The van der Waals surface area contributed by atoms with Crippen LogP contribution in [0.2, 0.25) is 0 Å². The van der Waals surface area contributed by atoms with Crippen LogP contribution in [0.5, 0.6) is 5.88 Å². The van der Waals surface area contributed by atoms with Crippen molar-refractivity contribution in [2.24, 2.45) is 5.92 Å². The Bertz CT molecular complexity index is 352. The van der Waals surface area contributed by atoms with Crippen LogP contribution in [0.4, 0.5) is 5.69 Å². The van der Waals surface area contributed by atoms with E-state index in [0.29, 0.717) is 5.88 Å². The lowest BCUT2D eigenvalue weighted by Gasteiger charge is -2.18. The second kappa shape index (κ2) is 8.78. The van der Waals surface area contributed by atoms with E-state index in [2.05, 4.69) is 24.1 Å². The Kier molecular flexibility index (Phi) is 7.31. The molecule has 0 radical (unpaired) electrons. The molecular weight excluding hydrogens is 236 g/mol. The first-order valence-electron chi connectivity index (χ1n) is 7.52. The number of hydrogen-bond acceptors (Lipinski definition) is 3. The van der Waals surface area contributed by atoms with E-state index in [9.17, 15) is 0 Å². The van der Waals surface area contributed by atoms with Crippen molar-refractivity contribution < 1.29 is 4.74 Å². The van der Waals surface area contributed by atoms with Gasteiger partial charge in [-0.05, 0) is 38.3 Å². The van der Waals surface area contributed by atoms with Crippen molar-refractivity contribution in [3.8, 4) is 5.88 Å². The Labute approximate surface area is 117 Å². The molecule has 19 heavy (non-hydrogen) atoms. The minimum absolute atomic E-state index is 0.150. The molecule has 1 aromatic rings. The molecule has 0 aliphatic carbocycles. The predicted octanol–water partition coefficient (Wildman–Crippen LogP) is 4.50. The summed E-state index contributed by atoms with van der Waals surface area (Å²) in [6.45, 7) is 9.55. The van der Waals surface area contributed by atoms with Crippen molar-refractivity contribution in [1.82, 2.24) is 4.98 Å². The van der Waals surface area contributed by atoms with Crippen molar-refractivity contribution in [1.29, 1.82) is 0 Å². The van der Waals surface area contributed by atoms with E-state index in [0.717, 1.165) is 18.2 Å².